The number of rotatable bonds is 8. The van der Waals surface area contributed by atoms with Gasteiger partial charge >= 0.3 is 0 Å². The summed E-state index contributed by atoms with van der Waals surface area (Å²) in [6.07, 6.45) is -0.787. The van der Waals surface area contributed by atoms with Crippen LogP contribution in [0.1, 0.15) is 12.5 Å². The molecule has 1 amide bonds. The van der Waals surface area contributed by atoms with Gasteiger partial charge in [-0.1, -0.05) is 36.4 Å². The molecular formula is C22H20N2O5. The Hall–Kier alpha value is -3.87. The summed E-state index contributed by atoms with van der Waals surface area (Å²) in [4.78, 5) is 22.6. The van der Waals surface area contributed by atoms with Gasteiger partial charge in [-0.2, -0.15) is 0 Å². The Morgan fingerprint density at radius 3 is 2.41 bits per heavy atom. The van der Waals surface area contributed by atoms with Crippen LogP contribution in [-0.4, -0.2) is 16.9 Å². The van der Waals surface area contributed by atoms with E-state index in [9.17, 15) is 14.9 Å². The van der Waals surface area contributed by atoms with Gasteiger partial charge in [-0.05, 0) is 36.8 Å². The third-order valence-electron chi connectivity index (χ3n) is 4.08. The highest BCUT2D eigenvalue weighted by Gasteiger charge is 2.16. The molecular weight excluding hydrogens is 372 g/mol. The lowest BCUT2D eigenvalue weighted by atomic mass is 10.2. The lowest BCUT2D eigenvalue weighted by molar-refractivity contribution is -0.384. The quantitative estimate of drug-likeness (QED) is 0.448. The van der Waals surface area contributed by atoms with Gasteiger partial charge < -0.3 is 14.8 Å². The van der Waals surface area contributed by atoms with Crippen molar-refractivity contribution in [3.8, 4) is 11.5 Å². The van der Waals surface area contributed by atoms with E-state index < -0.39 is 11.0 Å². The first-order valence-corrected chi connectivity index (χ1v) is 9.00. The van der Waals surface area contributed by atoms with Gasteiger partial charge in [0.05, 0.1) is 4.92 Å². The second-order valence-corrected chi connectivity index (χ2v) is 6.30. The van der Waals surface area contributed by atoms with Crippen molar-refractivity contribution in [1.29, 1.82) is 0 Å². The fourth-order valence-electron chi connectivity index (χ4n) is 2.55. The van der Waals surface area contributed by atoms with Gasteiger partial charge in [-0.25, -0.2) is 0 Å². The minimum Gasteiger partial charge on any atom is -0.489 e. The maximum atomic E-state index is 12.4. The summed E-state index contributed by atoms with van der Waals surface area (Å²) in [5.41, 5.74) is 1.59. The van der Waals surface area contributed by atoms with Crippen molar-refractivity contribution in [2.45, 2.75) is 19.6 Å². The van der Waals surface area contributed by atoms with E-state index >= 15 is 0 Å². The van der Waals surface area contributed by atoms with Crippen molar-refractivity contribution in [3.63, 3.8) is 0 Å². The molecule has 7 nitrogen and oxygen atoms in total. The molecule has 0 spiro atoms. The second-order valence-electron chi connectivity index (χ2n) is 6.30. The molecule has 29 heavy (non-hydrogen) atoms. The van der Waals surface area contributed by atoms with Crippen LogP contribution in [0.25, 0.3) is 0 Å². The summed E-state index contributed by atoms with van der Waals surface area (Å²) in [5.74, 6) is 0.664. The van der Waals surface area contributed by atoms with E-state index in [1.54, 1.807) is 25.1 Å². The van der Waals surface area contributed by atoms with Crippen molar-refractivity contribution < 1.29 is 19.2 Å². The molecule has 0 saturated carbocycles. The molecule has 3 aromatic rings. The van der Waals surface area contributed by atoms with Gasteiger partial charge in [0.2, 0.25) is 0 Å². The zero-order valence-corrected chi connectivity index (χ0v) is 15.8. The largest absolute Gasteiger partial charge is 0.489 e. The van der Waals surface area contributed by atoms with Crippen molar-refractivity contribution in [1.82, 2.24) is 0 Å². The number of non-ortho nitro benzene ring substituents is 1. The number of hydrogen-bond donors (Lipinski definition) is 1. The van der Waals surface area contributed by atoms with Gasteiger partial charge in [0.1, 0.15) is 18.1 Å². The van der Waals surface area contributed by atoms with Crippen LogP contribution in [0.5, 0.6) is 11.5 Å². The fraction of sp³-hybridized carbons (Fsp3) is 0.136. The van der Waals surface area contributed by atoms with E-state index in [-0.39, 0.29) is 11.6 Å². The van der Waals surface area contributed by atoms with Crippen LogP contribution in [-0.2, 0) is 11.4 Å². The first-order chi connectivity index (χ1) is 14.0. The van der Waals surface area contributed by atoms with E-state index in [2.05, 4.69) is 5.32 Å². The molecule has 148 valence electrons. The Labute approximate surface area is 168 Å². The Balaban J connectivity index is 1.56. The molecule has 0 aliphatic carbocycles. The molecule has 0 aromatic heterocycles. The zero-order valence-electron chi connectivity index (χ0n) is 15.8. The van der Waals surface area contributed by atoms with Crippen LogP contribution in [0.3, 0.4) is 0 Å². The first-order valence-electron chi connectivity index (χ1n) is 9.00. The number of amides is 1. The molecule has 1 unspecified atom stereocenters. The van der Waals surface area contributed by atoms with E-state index in [0.717, 1.165) is 5.56 Å². The number of nitro benzene ring substituents is 1. The Bertz CT molecular complexity index is 974. The molecule has 0 aliphatic rings. The molecule has 0 fully saturated rings. The van der Waals surface area contributed by atoms with E-state index in [4.69, 9.17) is 9.47 Å². The molecule has 0 bridgehead atoms. The molecule has 0 aliphatic heterocycles. The fourth-order valence-corrected chi connectivity index (χ4v) is 2.55. The average Bonchev–Trinajstić information content (AvgIpc) is 2.73. The highest BCUT2D eigenvalue weighted by molar-refractivity contribution is 5.94. The Morgan fingerprint density at radius 1 is 1.00 bits per heavy atom. The first kappa shape index (κ1) is 19.9. The minimum absolute atomic E-state index is 0.0400. The summed E-state index contributed by atoms with van der Waals surface area (Å²) in [6.45, 7) is 2.03. The van der Waals surface area contributed by atoms with Gasteiger partial charge in [-0.15, -0.1) is 0 Å². The van der Waals surface area contributed by atoms with Crippen molar-refractivity contribution in [2.75, 3.05) is 5.32 Å². The Morgan fingerprint density at radius 2 is 1.72 bits per heavy atom. The number of carbonyl (C=O) groups is 1. The maximum Gasteiger partial charge on any atom is 0.269 e. The SMILES string of the molecule is CC(Oc1ccc([N+](=O)[O-])cc1)C(=O)Nc1cccc(OCc2ccccc2)c1. The second kappa shape index (κ2) is 9.36. The number of nitrogens with one attached hydrogen (secondary N) is 1. The topological polar surface area (TPSA) is 90.7 Å². The Kier molecular flexibility index (Phi) is 6.42. The number of hydrogen-bond acceptors (Lipinski definition) is 5. The smallest absolute Gasteiger partial charge is 0.269 e. The summed E-state index contributed by atoms with van der Waals surface area (Å²) >= 11 is 0. The van der Waals surface area contributed by atoms with E-state index in [0.29, 0.717) is 23.8 Å². The van der Waals surface area contributed by atoms with E-state index in [1.807, 2.05) is 36.4 Å². The standard InChI is InChI=1S/C22H20N2O5/c1-16(29-20-12-10-19(11-13-20)24(26)27)22(25)23-18-8-5-9-21(14-18)28-15-17-6-3-2-4-7-17/h2-14,16H,15H2,1H3,(H,23,25). The predicted molar refractivity (Wildman–Crippen MR) is 109 cm³/mol. The molecule has 1 N–H and O–H groups in total. The molecule has 0 radical (unpaired) electrons. The summed E-state index contributed by atoms with van der Waals surface area (Å²) < 4.78 is 11.3. The van der Waals surface area contributed by atoms with Gasteiger partial charge in [0.25, 0.3) is 11.6 Å². The average molecular weight is 392 g/mol. The van der Waals surface area contributed by atoms with Crippen LogP contribution in [0, 0.1) is 10.1 Å². The van der Waals surface area contributed by atoms with Crippen LogP contribution >= 0.6 is 0 Å². The normalized spacial score (nSPS) is 11.3. The van der Waals surface area contributed by atoms with Crippen LogP contribution < -0.4 is 14.8 Å². The van der Waals surface area contributed by atoms with Crippen LogP contribution in [0.15, 0.2) is 78.9 Å². The summed E-state index contributed by atoms with van der Waals surface area (Å²) in [7, 11) is 0. The summed E-state index contributed by atoms with van der Waals surface area (Å²) in [6, 6.07) is 22.5. The van der Waals surface area contributed by atoms with Crippen LogP contribution in [0.2, 0.25) is 0 Å². The lowest BCUT2D eigenvalue weighted by Gasteiger charge is -2.15. The zero-order chi connectivity index (χ0) is 20.6. The minimum atomic E-state index is -0.787. The molecule has 0 heterocycles. The van der Waals surface area contributed by atoms with Gasteiger partial charge in [0, 0.05) is 23.9 Å². The monoisotopic (exact) mass is 392 g/mol. The maximum absolute atomic E-state index is 12.4. The third-order valence-corrected chi connectivity index (χ3v) is 4.08. The third kappa shape index (κ3) is 5.80. The number of anilines is 1. The molecule has 3 aromatic carbocycles. The van der Waals surface area contributed by atoms with Crippen molar-refractivity contribution in [3.05, 3.63) is 94.5 Å². The van der Waals surface area contributed by atoms with Crippen molar-refractivity contribution >= 4 is 17.3 Å². The molecule has 3 rings (SSSR count). The molecule has 0 saturated heterocycles. The van der Waals surface area contributed by atoms with Crippen LogP contribution in [0.4, 0.5) is 11.4 Å². The van der Waals surface area contributed by atoms with Crippen molar-refractivity contribution in [2.24, 2.45) is 0 Å². The molecule has 1 atom stereocenters. The van der Waals surface area contributed by atoms with E-state index in [1.165, 1.54) is 24.3 Å². The lowest BCUT2D eigenvalue weighted by Crippen LogP contribution is -2.30. The number of nitro groups is 1. The van der Waals surface area contributed by atoms with Gasteiger partial charge in [-0.3, -0.25) is 14.9 Å². The molecule has 7 heteroatoms. The van der Waals surface area contributed by atoms with Gasteiger partial charge in [0.15, 0.2) is 6.10 Å². The number of ether oxygens (including phenoxy) is 2. The number of benzene rings is 3. The predicted octanol–water partition coefficient (Wildman–Crippen LogP) is 4.58. The number of nitrogens with zero attached hydrogens (tertiary/aromatic N) is 1. The highest BCUT2D eigenvalue weighted by atomic mass is 16.6. The highest BCUT2D eigenvalue weighted by Crippen LogP contribution is 2.21. The summed E-state index contributed by atoms with van der Waals surface area (Å²) in [5, 5.41) is 13.5. The number of carbonyl (C=O) groups excluding carboxylic acids is 1.